The summed E-state index contributed by atoms with van der Waals surface area (Å²) in [5, 5.41) is 39.3. The van der Waals surface area contributed by atoms with Crippen molar-refractivity contribution in [2.45, 2.75) is 126 Å². The lowest BCUT2D eigenvalue weighted by Gasteiger charge is -2.35. The van der Waals surface area contributed by atoms with Gasteiger partial charge in [0, 0.05) is 17.8 Å². The van der Waals surface area contributed by atoms with Crippen LogP contribution in [0.5, 0.6) is 0 Å². The van der Waals surface area contributed by atoms with Gasteiger partial charge in [0.25, 0.3) is 0 Å². The molecule has 4 saturated carbocycles. The molecule has 0 amide bonds. The van der Waals surface area contributed by atoms with Crippen molar-refractivity contribution in [3.63, 3.8) is 0 Å². The Morgan fingerprint density at radius 1 is 0.756 bits per heavy atom. The zero-order chi connectivity index (χ0) is 29.4. The Hall–Kier alpha value is -1.90. The number of hydrogen-bond donors (Lipinski definition) is 3. The van der Waals surface area contributed by atoms with Gasteiger partial charge in [0.1, 0.15) is 6.10 Å². The lowest BCUT2D eigenvalue weighted by Crippen LogP contribution is -2.42. The first-order valence-electron chi connectivity index (χ1n) is 15.2. The number of carbonyl (C=O) groups is 2. The fraction of sp³-hybridized carbons (Fsp3) is 0.929. The van der Waals surface area contributed by atoms with Gasteiger partial charge in [-0.2, -0.15) is 0 Å². The van der Waals surface area contributed by atoms with Crippen molar-refractivity contribution in [3.05, 3.63) is 10.1 Å². The SMILES string of the molecule is O=C(O)C1CC([N+](=O)[O-])CCC1C(=O)OC1CCC(OC2CCC(OOCC3CCC(O)CC3COO)CC2)CC1. The van der Waals surface area contributed by atoms with Crippen LogP contribution >= 0.6 is 0 Å². The molecule has 0 aliphatic heterocycles. The van der Waals surface area contributed by atoms with Crippen molar-refractivity contribution in [3.8, 4) is 0 Å². The van der Waals surface area contributed by atoms with Gasteiger partial charge in [-0.15, -0.1) is 0 Å². The van der Waals surface area contributed by atoms with Gasteiger partial charge in [0.15, 0.2) is 0 Å². The molecule has 234 valence electrons. The summed E-state index contributed by atoms with van der Waals surface area (Å²) < 4.78 is 12.0. The van der Waals surface area contributed by atoms with Crippen molar-refractivity contribution in [2.75, 3.05) is 13.2 Å². The van der Waals surface area contributed by atoms with E-state index in [0.717, 1.165) is 44.9 Å². The van der Waals surface area contributed by atoms with E-state index in [0.29, 0.717) is 32.3 Å². The molecule has 3 N–H and O–H groups in total. The maximum Gasteiger partial charge on any atom is 0.310 e. The molecule has 0 aromatic heterocycles. The predicted molar refractivity (Wildman–Crippen MR) is 141 cm³/mol. The Kier molecular flexibility index (Phi) is 12.1. The maximum atomic E-state index is 12.8. The second-order valence-corrected chi connectivity index (χ2v) is 12.3. The molecule has 0 heterocycles. The van der Waals surface area contributed by atoms with Crippen LogP contribution in [0.4, 0.5) is 0 Å². The van der Waals surface area contributed by atoms with E-state index in [1.54, 1.807) is 0 Å². The number of ether oxygens (including phenoxy) is 2. The molecule has 13 heteroatoms. The van der Waals surface area contributed by atoms with E-state index in [1.807, 2.05) is 0 Å². The zero-order valence-electron chi connectivity index (χ0n) is 23.6. The molecule has 4 aliphatic carbocycles. The number of carboxylic acid groups (broad SMARTS) is 1. The molecule has 4 aliphatic rings. The van der Waals surface area contributed by atoms with Gasteiger partial charge in [0.05, 0.1) is 49.5 Å². The first-order valence-corrected chi connectivity index (χ1v) is 15.2. The average molecular weight is 588 g/mol. The molecule has 13 nitrogen and oxygen atoms in total. The average Bonchev–Trinajstić information content (AvgIpc) is 2.96. The van der Waals surface area contributed by atoms with Crippen molar-refractivity contribution < 1.29 is 54.1 Å². The minimum atomic E-state index is -1.19. The number of esters is 1. The van der Waals surface area contributed by atoms with E-state index < -0.39 is 34.7 Å². The summed E-state index contributed by atoms with van der Waals surface area (Å²) in [6.07, 6.45) is 8.02. The molecule has 0 radical (unpaired) electrons. The zero-order valence-corrected chi connectivity index (χ0v) is 23.6. The summed E-state index contributed by atoms with van der Waals surface area (Å²) >= 11 is 0. The van der Waals surface area contributed by atoms with Crippen LogP contribution in [-0.4, -0.2) is 82.1 Å². The van der Waals surface area contributed by atoms with Gasteiger partial charge in [-0.05, 0) is 88.9 Å². The van der Waals surface area contributed by atoms with Crippen LogP contribution in [0.25, 0.3) is 0 Å². The van der Waals surface area contributed by atoms with Gasteiger partial charge in [0.2, 0.25) is 6.04 Å². The Labute approximate surface area is 239 Å². The third-order valence-corrected chi connectivity index (χ3v) is 9.54. The third kappa shape index (κ3) is 9.29. The monoisotopic (exact) mass is 587 g/mol. The fourth-order valence-corrected chi connectivity index (χ4v) is 7.01. The van der Waals surface area contributed by atoms with Crippen LogP contribution in [0, 0.1) is 33.8 Å². The number of aliphatic hydroxyl groups excluding tert-OH is 1. The molecule has 0 saturated heterocycles. The van der Waals surface area contributed by atoms with E-state index >= 15 is 0 Å². The molecule has 4 fully saturated rings. The van der Waals surface area contributed by atoms with Crippen molar-refractivity contribution in [1.82, 2.24) is 0 Å². The van der Waals surface area contributed by atoms with E-state index in [2.05, 4.69) is 4.89 Å². The summed E-state index contributed by atoms with van der Waals surface area (Å²) in [7, 11) is 0. The van der Waals surface area contributed by atoms with Crippen molar-refractivity contribution in [2.24, 2.45) is 23.7 Å². The standard InChI is InChI=1S/C28H45NO12/c30-20-3-1-17(18(13-20)15-37-36)16-38-41-24-10-8-22(9-11-24)39-21-4-6-23(7-5-21)40-28(33)25-12-2-19(29(34)35)14-26(25)27(31)32/h17-26,30,36H,1-16H2,(H,31,32). The van der Waals surface area contributed by atoms with E-state index in [9.17, 15) is 29.9 Å². The molecule has 6 unspecified atom stereocenters. The summed E-state index contributed by atoms with van der Waals surface area (Å²) in [6.45, 7) is 0.581. The molecule has 0 aromatic rings. The normalized spacial score (nSPS) is 38.2. The van der Waals surface area contributed by atoms with Gasteiger partial charge in [-0.3, -0.25) is 25.0 Å². The maximum absolute atomic E-state index is 12.8. The number of nitro groups is 1. The highest BCUT2D eigenvalue weighted by Gasteiger charge is 2.45. The smallest absolute Gasteiger partial charge is 0.310 e. The number of carboxylic acids is 1. The van der Waals surface area contributed by atoms with E-state index in [-0.39, 0.29) is 68.2 Å². The number of hydrogen-bond acceptors (Lipinski definition) is 11. The summed E-state index contributed by atoms with van der Waals surface area (Å²) in [5.41, 5.74) is 0. The summed E-state index contributed by atoms with van der Waals surface area (Å²) in [6, 6.07) is -0.931. The molecule has 0 spiro atoms. The summed E-state index contributed by atoms with van der Waals surface area (Å²) in [4.78, 5) is 50.6. The van der Waals surface area contributed by atoms with Crippen LogP contribution < -0.4 is 0 Å². The van der Waals surface area contributed by atoms with Crippen LogP contribution in [0.2, 0.25) is 0 Å². The highest BCUT2D eigenvalue weighted by molar-refractivity contribution is 5.81. The number of aliphatic hydroxyl groups is 1. The molecular weight excluding hydrogens is 542 g/mol. The fourth-order valence-electron chi connectivity index (χ4n) is 7.01. The minimum absolute atomic E-state index is 0.00164. The largest absolute Gasteiger partial charge is 0.481 e. The van der Waals surface area contributed by atoms with Gasteiger partial charge >= 0.3 is 11.9 Å². The van der Waals surface area contributed by atoms with Crippen LogP contribution in [0.3, 0.4) is 0 Å². The highest BCUT2D eigenvalue weighted by atomic mass is 17.2. The first kappa shape index (κ1) is 32.0. The van der Waals surface area contributed by atoms with Crippen molar-refractivity contribution >= 4 is 11.9 Å². The lowest BCUT2D eigenvalue weighted by atomic mass is 9.77. The number of nitrogens with zero attached hydrogens (tertiary/aromatic N) is 1. The second kappa shape index (κ2) is 15.5. The van der Waals surface area contributed by atoms with Crippen LogP contribution in [-0.2, 0) is 33.7 Å². The number of carbonyl (C=O) groups excluding carboxylic acids is 1. The molecule has 6 atom stereocenters. The van der Waals surface area contributed by atoms with E-state index in [1.165, 1.54) is 0 Å². The van der Waals surface area contributed by atoms with Crippen LogP contribution in [0.1, 0.15) is 89.9 Å². The van der Waals surface area contributed by atoms with Crippen molar-refractivity contribution in [1.29, 1.82) is 0 Å². The Bertz CT molecular complexity index is 857. The van der Waals surface area contributed by atoms with E-state index in [4.69, 9.17) is 24.5 Å². The Morgan fingerprint density at radius 2 is 1.39 bits per heavy atom. The third-order valence-electron chi connectivity index (χ3n) is 9.54. The summed E-state index contributed by atoms with van der Waals surface area (Å²) in [5.74, 6) is -3.47. The molecule has 0 aromatic carbocycles. The lowest BCUT2D eigenvalue weighted by molar-refractivity contribution is -0.528. The molecule has 0 bridgehead atoms. The molecule has 41 heavy (non-hydrogen) atoms. The predicted octanol–water partition coefficient (Wildman–Crippen LogP) is 3.53. The molecular formula is C28H45NO12. The minimum Gasteiger partial charge on any atom is -0.481 e. The Morgan fingerprint density at radius 3 is 2.00 bits per heavy atom. The van der Waals surface area contributed by atoms with Gasteiger partial charge in [-0.1, -0.05) is 0 Å². The quantitative estimate of drug-likeness (QED) is 0.131. The van der Waals surface area contributed by atoms with Gasteiger partial charge < -0.3 is 19.7 Å². The topological polar surface area (TPSA) is 184 Å². The number of aliphatic carboxylic acids is 1. The second-order valence-electron chi connectivity index (χ2n) is 12.3. The van der Waals surface area contributed by atoms with Gasteiger partial charge in [-0.25, -0.2) is 14.7 Å². The number of rotatable bonds is 12. The van der Waals surface area contributed by atoms with Crippen LogP contribution in [0.15, 0.2) is 0 Å². The Balaban J connectivity index is 1.10. The molecule has 4 rings (SSSR count). The first-order chi connectivity index (χ1) is 19.7. The highest BCUT2D eigenvalue weighted by Crippen LogP contribution is 2.35.